The average Bonchev–Trinajstić information content (AvgIpc) is 3.22. The number of carbonyl (C=O) groups excluding carboxylic acids is 2. The highest BCUT2D eigenvalue weighted by Gasteiger charge is 2.21. The number of nitrogens with zero attached hydrogens (tertiary/aromatic N) is 2. The van der Waals surface area contributed by atoms with Crippen molar-refractivity contribution in [2.75, 3.05) is 27.1 Å². The van der Waals surface area contributed by atoms with Crippen molar-refractivity contribution in [3.63, 3.8) is 0 Å². The van der Waals surface area contributed by atoms with E-state index in [0.717, 1.165) is 11.6 Å². The molecule has 3 rings (SSSR count). The topological polar surface area (TPSA) is 117 Å². The van der Waals surface area contributed by atoms with Crippen LogP contribution in [0.3, 0.4) is 0 Å². The zero-order chi connectivity index (χ0) is 21.7. The number of hydrogen-bond donors (Lipinski definition) is 0. The molecule has 10 heteroatoms. The molecule has 0 aliphatic carbocycles. The zero-order valence-electron chi connectivity index (χ0n) is 16.5. The molecule has 0 spiro atoms. The first-order chi connectivity index (χ1) is 14.4. The van der Waals surface area contributed by atoms with Gasteiger partial charge < -0.3 is 23.8 Å². The summed E-state index contributed by atoms with van der Waals surface area (Å²) in [5, 5.41) is 11.1. The lowest BCUT2D eigenvalue weighted by Crippen LogP contribution is -2.34. The highest BCUT2D eigenvalue weighted by molar-refractivity contribution is 5.92. The lowest BCUT2D eigenvalue weighted by atomic mass is 10.2. The number of benzene rings is 2. The SMILES string of the molecule is CCN(Cc1ccc2c(c1)OCO2)C(=O)COC(=O)c1ccc(OC)c([N+](=O)[O-])c1. The molecule has 0 saturated heterocycles. The van der Waals surface area contributed by atoms with Gasteiger partial charge in [-0.1, -0.05) is 6.07 Å². The van der Waals surface area contributed by atoms with E-state index in [2.05, 4.69) is 0 Å². The Labute approximate surface area is 172 Å². The highest BCUT2D eigenvalue weighted by Crippen LogP contribution is 2.33. The Kier molecular flexibility index (Phi) is 6.35. The predicted molar refractivity (Wildman–Crippen MR) is 104 cm³/mol. The lowest BCUT2D eigenvalue weighted by molar-refractivity contribution is -0.385. The van der Waals surface area contributed by atoms with Crippen LogP contribution in [0.1, 0.15) is 22.8 Å². The number of nitro groups is 1. The number of methoxy groups -OCH3 is 1. The number of fused-ring (bicyclic) bond motifs is 1. The summed E-state index contributed by atoms with van der Waals surface area (Å²) in [5.41, 5.74) is 0.428. The highest BCUT2D eigenvalue weighted by atomic mass is 16.7. The smallest absolute Gasteiger partial charge is 0.338 e. The van der Waals surface area contributed by atoms with E-state index < -0.39 is 23.4 Å². The van der Waals surface area contributed by atoms with E-state index >= 15 is 0 Å². The van der Waals surface area contributed by atoms with E-state index in [-0.39, 0.29) is 23.8 Å². The fraction of sp³-hybridized carbons (Fsp3) is 0.300. The van der Waals surface area contributed by atoms with E-state index in [1.54, 1.807) is 19.1 Å². The lowest BCUT2D eigenvalue weighted by Gasteiger charge is -2.21. The Hall–Kier alpha value is -3.82. The molecule has 2 aromatic carbocycles. The van der Waals surface area contributed by atoms with Crippen LogP contribution in [0.25, 0.3) is 0 Å². The van der Waals surface area contributed by atoms with Crippen LogP contribution in [0.5, 0.6) is 17.2 Å². The number of hydrogen-bond acceptors (Lipinski definition) is 8. The summed E-state index contributed by atoms with van der Waals surface area (Å²) in [4.78, 5) is 36.7. The number of likely N-dealkylation sites (N-methyl/N-ethyl adjacent to an activating group) is 1. The van der Waals surface area contributed by atoms with Crippen molar-refractivity contribution in [1.29, 1.82) is 0 Å². The molecule has 0 saturated carbocycles. The second kappa shape index (κ2) is 9.12. The summed E-state index contributed by atoms with van der Waals surface area (Å²) in [6.45, 7) is 2.18. The van der Waals surface area contributed by atoms with Crippen molar-refractivity contribution in [3.05, 3.63) is 57.6 Å². The summed E-state index contributed by atoms with van der Waals surface area (Å²) in [6.07, 6.45) is 0. The van der Waals surface area contributed by atoms with Crippen molar-refractivity contribution < 1.29 is 33.5 Å². The molecule has 2 aromatic rings. The largest absolute Gasteiger partial charge is 0.490 e. The van der Waals surface area contributed by atoms with E-state index in [4.69, 9.17) is 18.9 Å². The van der Waals surface area contributed by atoms with E-state index in [1.165, 1.54) is 24.1 Å². The summed E-state index contributed by atoms with van der Waals surface area (Å²) in [5.74, 6) is 0.0486. The second-order valence-electron chi connectivity index (χ2n) is 6.32. The van der Waals surface area contributed by atoms with Gasteiger partial charge in [0.1, 0.15) is 0 Å². The molecular weight excluding hydrogens is 396 g/mol. The molecular formula is C20H20N2O8. The molecule has 0 bridgehead atoms. The minimum atomic E-state index is -0.840. The quantitative estimate of drug-likeness (QED) is 0.366. The second-order valence-corrected chi connectivity index (χ2v) is 6.32. The van der Waals surface area contributed by atoms with Crippen LogP contribution in [0.4, 0.5) is 5.69 Å². The van der Waals surface area contributed by atoms with E-state index in [9.17, 15) is 19.7 Å². The Bertz CT molecular complexity index is 975. The standard InChI is InChI=1S/C20H20N2O8/c1-3-21(10-13-4-6-17-18(8-13)30-12-29-17)19(23)11-28-20(24)14-5-7-16(27-2)15(9-14)22(25)26/h4-9H,3,10-12H2,1-2H3. The number of rotatable bonds is 8. The van der Waals surface area contributed by atoms with Crippen LogP contribution in [-0.4, -0.2) is 48.8 Å². The summed E-state index contributed by atoms with van der Waals surface area (Å²) < 4.78 is 20.6. The monoisotopic (exact) mass is 416 g/mol. The number of esters is 1. The molecule has 1 amide bonds. The number of nitro benzene ring substituents is 1. The van der Waals surface area contributed by atoms with Gasteiger partial charge in [0.2, 0.25) is 6.79 Å². The van der Waals surface area contributed by atoms with Crippen LogP contribution in [-0.2, 0) is 16.1 Å². The first-order valence-corrected chi connectivity index (χ1v) is 9.08. The fourth-order valence-corrected chi connectivity index (χ4v) is 2.90. The Morgan fingerprint density at radius 2 is 1.93 bits per heavy atom. The number of carbonyl (C=O) groups is 2. The van der Waals surface area contributed by atoms with Crippen LogP contribution in [0.2, 0.25) is 0 Å². The maximum atomic E-state index is 12.5. The van der Waals surface area contributed by atoms with Crippen LogP contribution in [0.15, 0.2) is 36.4 Å². The third-order valence-electron chi connectivity index (χ3n) is 4.48. The van der Waals surface area contributed by atoms with Crippen molar-refractivity contribution >= 4 is 17.6 Å². The normalized spacial score (nSPS) is 11.7. The van der Waals surface area contributed by atoms with Crippen LogP contribution >= 0.6 is 0 Å². The zero-order valence-corrected chi connectivity index (χ0v) is 16.5. The van der Waals surface area contributed by atoms with Crippen LogP contribution in [0, 0.1) is 10.1 Å². The van der Waals surface area contributed by atoms with Crippen molar-refractivity contribution in [1.82, 2.24) is 4.90 Å². The molecule has 10 nitrogen and oxygen atoms in total. The Morgan fingerprint density at radius 3 is 2.63 bits per heavy atom. The van der Waals surface area contributed by atoms with Gasteiger partial charge in [-0.05, 0) is 36.8 Å². The van der Waals surface area contributed by atoms with Crippen molar-refractivity contribution in [2.45, 2.75) is 13.5 Å². The van der Waals surface area contributed by atoms with Gasteiger partial charge >= 0.3 is 11.7 Å². The molecule has 0 radical (unpaired) electrons. The van der Waals surface area contributed by atoms with Gasteiger partial charge in [-0.2, -0.15) is 0 Å². The molecule has 1 aliphatic rings. The van der Waals surface area contributed by atoms with Gasteiger partial charge in [0, 0.05) is 19.2 Å². The number of amides is 1. The average molecular weight is 416 g/mol. The fourth-order valence-electron chi connectivity index (χ4n) is 2.90. The van der Waals surface area contributed by atoms with Crippen molar-refractivity contribution in [3.8, 4) is 17.2 Å². The van der Waals surface area contributed by atoms with Gasteiger partial charge in [0.25, 0.3) is 5.91 Å². The maximum Gasteiger partial charge on any atom is 0.338 e. The molecule has 0 atom stereocenters. The summed E-state index contributed by atoms with van der Waals surface area (Å²) >= 11 is 0. The van der Waals surface area contributed by atoms with Gasteiger partial charge in [0.05, 0.1) is 17.6 Å². The predicted octanol–water partition coefficient (Wildman–Crippen LogP) is 2.54. The number of ether oxygens (including phenoxy) is 4. The first-order valence-electron chi connectivity index (χ1n) is 9.08. The van der Waals surface area contributed by atoms with E-state index in [0.29, 0.717) is 24.6 Å². The summed E-state index contributed by atoms with van der Waals surface area (Å²) in [6, 6.07) is 9.08. The van der Waals surface area contributed by atoms with Crippen LogP contribution < -0.4 is 14.2 Å². The van der Waals surface area contributed by atoms with E-state index in [1.807, 2.05) is 6.07 Å². The van der Waals surface area contributed by atoms with Gasteiger partial charge in [0.15, 0.2) is 23.9 Å². The van der Waals surface area contributed by atoms with Gasteiger partial charge in [-0.25, -0.2) is 4.79 Å². The molecule has 1 aliphatic heterocycles. The molecule has 0 fully saturated rings. The van der Waals surface area contributed by atoms with Gasteiger partial charge in [-0.3, -0.25) is 14.9 Å². The molecule has 0 unspecified atom stereocenters. The third kappa shape index (κ3) is 4.59. The minimum Gasteiger partial charge on any atom is -0.490 e. The maximum absolute atomic E-state index is 12.5. The third-order valence-corrected chi connectivity index (χ3v) is 4.48. The Morgan fingerprint density at radius 1 is 1.17 bits per heavy atom. The molecule has 30 heavy (non-hydrogen) atoms. The first kappa shape index (κ1) is 20.9. The minimum absolute atomic E-state index is 0.0218. The van der Waals surface area contributed by atoms with Gasteiger partial charge in [-0.15, -0.1) is 0 Å². The van der Waals surface area contributed by atoms with Crippen molar-refractivity contribution in [2.24, 2.45) is 0 Å². The Balaban J connectivity index is 1.61. The molecule has 1 heterocycles. The molecule has 0 N–H and O–H groups in total. The molecule has 158 valence electrons. The summed E-state index contributed by atoms with van der Waals surface area (Å²) in [7, 11) is 1.29. The molecule has 0 aromatic heterocycles.